The first-order valence-corrected chi connectivity index (χ1v) is 5.81. The van der Waals surface area contributed by atoms with E-state index in [2.05, 4.69) is 26.1 Å². The molecule has 2 aromatic rings. The van der Waals surface area contributed by atoms with Crippen molar-refractivity contribution >= 4 is 28.1 Å². The molecule has 5 nitrogen and oxygen atoms in total. The van der Waals surface area contributed by atoms with Gasteiger partial charge in [-0.2, -0.15) is 5.10 Å². The maximum atomic E-state index is 5.17. The highest BCUT2D eigenvalue weighted by atomic mass is 79.9. The van der Waals surface area contributed by atoms with Crippen molar-refractivity contribution in [2.24, 2.45) is 0 Å². The zero-order valence-corrected chi connectivity index (χ0v) is 11.0. The highest BCUT2D eigenvalue weighted by molar-refractivity contribution is 9.10. The van der Waals surface area contributed by atoms with Crippen LogP contribution >= 0.6 is 28.1 Å². The largest absolute Gasteiger partial charge is 0.457 e. The number of ether oxygens (including phenoxy) is 1. The molecule has 0 aromatic carbocycles. The fraction of sp³-hybridized carbons (Fsp3) is 0.333. The summed E-state index contributed by atoms with van der Waals surface area (Å²) in [5.41, 5.74) is 0.864. The van der Waals surface area contributed by atoms with Crippen molar-refractivity contribution in [1.29, 1.82) is 0 Å². The van der Waals surface area contributed by atoms with Gasteiger partial charge in [0, 0.05) is 7.11 Å². The van der Waals surface area contributed by atoms with Gasteiger partial charge in [0.25, 0.3) is 0 Å². The number of nitrogens with one attached hydrogen (secondary N) is 1. The summed E-state index contributed by atoms with van der Waals surface area (Å²) in [6.45, 7) is 1.23. The average molecular weight is 304 g/mol. The minimum atomic E-state index is 0.570. The molecule has 0 aliphatic heterocycles. The Labute approximate surface area is 106 Å². The molecule has 0 spiro atoms. The predicted molar refractivity (Wildman–Crippen MR) is 64.7 cm³/mol. The molecule has 0 radical (unpaired) electrons. The molecule has 0 aliphatic rings. The second-order valence-corrected chi connectivity index (χ2v) is 4.21. The molecule has 0 saturated carbocycles. The molecule has 2 aromatic heterocycles. The van der Waals surface area contributed by atoms with Crippen LogP contribution in [0.1, 0.15) is 0 Å². The van der Waals surface area contributed by atoms with Gasteiger partial charge >= 0.3 is 0 Å². The lowest BCUT2D eigenvalue weighted by molar-refractivity contribution is 0.187. The van der Waals surface area contributed by atoms with Gasteiger partial charge < -0.3 is 9.15 Å². The van der Waals surface area contributed by atoms with Crippen LogP contribution in [0.15, 0.2) is 21.4 Å². The Bertz CT molecular complexity index is 531. The molecule has 86 valence electrons. The molecule has 0 amide bonds. The Kier molecular flexibility index (Phi) is 3.57. The maximum Gasteiger partial charge on any atom is 0.195 e. The summed E-state index contributed by atoms with van der Waals surface area (Å²) in [5.74, 6) is 0.739. The predicted octanol–water partition coefficient (Wildman–Crippen LogP) is 2.61. The third-order valence-corrected chi connectivity index (χ3v) is 3.06. The zero-order valence-electron chi connectivity index (χ0n) is 8.57. The van der Waals surface area contributed by atoms with Crippen LogP contribution in [0.25, 0.3) is 11.4 Å². The molecular formula is C9H10BrN3O2S. The number of aromatic amines is 1. The van der Waals surface area contributed by atoms with Gasteiger partial charge in [0.15, 0.2) is 15.3 Å². The van der Waals surface area contributed by atoms with Crippen molar-refractivity contribution in [1.82, 2.24) is 14.8 Å². The normalized spacial score (nSPS) is 10.9. The molecule has 0 atom stereocenters. The van der Waals surface area contributed by atoms with Gasteiger partial charge in [0.05, 0.1) is 25.0 Å². The van der Waals surface area contributed by atoms with Crippen molar-refractivity contribution in [3.63, 3.8) is 0 Å². The van der Waals surface area contributed by atoms with Crippen LogP contribution in [0.2, 0.25) is 0 Å². The van der Waals surface area contributed by atoms with Crippen molar-refractivity contribution in [2.75, 3.05) is 13.7 Å². The van der Waals surface area contributed by atoms with E-state index >= 15 is 0 Å². The first-order valence-electron chi connectivity index (χ1n) is 4.61. The Balaban J connectivity index is 2.42. The highest BCUT2D eigenvalue weighted by Crippen LogP contribution is 2.27. The molecule has 7 heteroatoms. The number of aromatic nitrogens is 3. The average Bonchev–Trinajstić information content (AvgIpc) is 2.82. The van der Waals surface area contributed by atoms with Gasteiger partial charge in [0.2, 0.25) is 0 Å². The summed E-state index contributed by atoms with van der Waals surface area (Å²) < 4.78 is 13.3. The van der Waals surface area contributed by atoms with Gasteiger partial charge in [-0.25, -0.2) is 0 Å². The van der Waals surface area contributed by atoms with Crippen molar-refractivity contribution in [2.45, 2.75) is 6.54 Å². The molecule has 0 fully saturated rings. The van der Waals surface area contributed by atoms with Crippen LogP contribution in [0.3, 0.4) is 0 Å². The first-order chi connectivity index (χ1) is 7.74. The summed E-state index contributed by atoms with van der Waals surface area (Å²) in [7, 11) is 1.65. The number of methoxy groups -OCH3 is 1. The van der Waals surface area contributed by atoms with Gasteiger partial charge in [-0.1, -0.05) is 0 Å². The fourth-order valence-corrected chi connectivity index (χ4v) is 2.01. The number of nitrogens with zero attached hydrogens (tertiary/aromatic N) is 2. The smallest absolute Gasteiger partial charge is 0.195 e. The molecule has 2 heterocycles. The topological polar surface area (TPSA) is 56.0 Å². The Morgan fingerprint density at radius 2 is 2.50 bits per heavy atom. The summed E-state index contributed by atoms with van der Waals surface area (Å²) in [5, 5.41) is 6.93. The van der Waals surface area contributed by atoms with E-state index in [9.17, 15) is 0 Å². The second-order valence-electron chi connectivity index (χ2n) is 3.10. The number of rotatable bonds is 4. The molecule has 2 rings (SSSR count). The van der Waals surface area contributed by atoms with E-state index in [0.717, 1.165) is 11.4 Å². The van der Waals surface area contributed by atoms with Gasteiger partial charge in [-0.3, -0.25) is 9.67 Å². The molecule has 1 N–H and O–H groups in total. The Morgan fingerprint density at radius 1 is 1.69 bits per heavy atom. The van der Waals surface area contributed by atoms with E-state index in [1.54, 1.807) is 13.4 Å². The van der Waals surface area contributed by atoms with Gasteiger partial charge in [-0.05, 0) is 34.2 Å². The summed E-state index contributed by atoms with van der Waals surface area (Å²) in [6, 6.07) is 1.83. The lowest BCUT2D eigenvalue weighted by atomic mass is 10.3. The van der Waals surface area contributed by atoms with E-state index in [1.165, 1.54) is 0 Å². The summed E-state index contributed by atoms with van der Waals surface area (Å²) in [4.78, 5) is 0. The molecule has 0 saturated heterocycles. The number of hydrogen-bond donors (Lipinski definition) is 1. The van der Waals surface area contributed by atoms with Gasteiger partial charge in [-0.15, -0.1) is 0 Å². The van der Waals surface area contributed by atoms with E-state index < -0.39 is 0 Å². The standard InChI is InChI=1S/C9H10BrN3O2S/c1-14-5-3-13-8(11-12-9(13)16)6-2-4-15-7(6)10/h2,4H,3,5H2,1H3,(H,12,16). The minimum Gasteiger partial charge on any atom is -0.457 e. The van der Waals surface area contributed by atoms with E-state index in [1.807, 2.05) is 10.6 Å². The van der Waals surface area contributed by atoms with Crippen LogP contribution < -0.4 is 0 Å². The van der Waals surface area contributed by atoms with Crippen molar-refractivity contribution in [3.8, 4) is 11.4 Å². The lowest BCUT2D eigenvalue weighted by Gasteiger charge is -2.04. The Morgan fingerprint density at radius 3 is 3.12 bits per heavy atom. The molecule has 16 heavy (non-hydrogen) atoms. The lowest BCUT2D eigenvalue weighted by Crippen LogP contribution is -2.06. The first kappa shape index (κ1) is 11.6. The summed E-state index contributed by atoms with van der Waals surface area (Å²) in [6.07, 6.45) is 1.60. The number of furan rings is 1. The van der Waals surface area contributed by atoms with E-state index in [0.29, 0.717) is 22.6 Å². The van der Waals surface area contributed by atoms with Crippen molar-refractivity contribution in [3.05, 3.63) is 21.8 Å². The SMILES string of the molecule is COCCn1c(-c2ccoc2Br)n[nH]c1=S. The fourth-order valence-electron chi connectivity index (χ4n) is 1.37. The molecular weight excluding hydrogens is 294 g/mol. The molecule has 0 bridgehead atoms. The van der Waals surface area contributed by atoms with E-state index in [4.69, 9.17) is 21.4 Å². The van der Waals surface area contributed by atoms with Crippen LogP contribution in [0.5, 0.6) is 0 Å². The van der Waals surface area contributed by atoms with E-state index in [-0.39, 0.29) is 0 Å². The number of halogens is 1. The maximum absolute atomic E-state index is 5.17. The van der Waals surface area contributed by atoms with Crippen LogP contribution in [0.4, 0.5) is 0 Å². The second kappa shape index (κ2) is 4.94. The molecule has 0 aliphatic carbocycles. The summed E-state index contributed by atoms with van der Waals surface area (Å²) >= 11 is 8.46. The number of hydrogen-bond acceptors (Lipinski definition) is 4. The zero-order chi connectivity index (χ0) is 11.5. The third kappa shape index (κ3) is 2.11. The third-order valence-electron chi connectivity index (χ3n) is 2.14. The Hall–Kier alpha value is -0.920. The monoisotopic (exact) mass is 303 g/mol. The highest BCUT2D eigenvalue weighted by Gasteiger charge is 2.13. The number of H-pyrrole nitrogens is 1. The van der Waals surface area contributed by atoms with Crippen LogP contribution in [0, 0.1) is 4.77 Å². The minimum absolute atomic E-state index is 0.570. The molecule has 0 unspecified atom stereocenters. The van der Waals surface area contributed by atoms with Crippen molar-refractivity contribution < 1.29 is 9.15 Å². The van der Waals surface area contributed by atoms with Crippen LogP contribution in [-0.2, 0) is 11.3 Å². The quantitative estimate of drug-likeness (QED) is 0.882. The van der Waals surface area contributed by atoms with Gasteiger partial charge in [0.1, 0.15) is 0 Å². The van der Waals surface area contributed by atoms with Crippen LogP contribution in [-0.4, -0.2) is 28.5 Å².